The summed E-state index contributed by atoms with van der Waals surface area (Å²) in [5.74, 6) is 0.979. The fourth-order valence-electron chi connectivity index (χ4n) is 2.21. The highest BCUT2D eigenvalue weighted by atomic mass is 16.5. The van der Waals surface area contributed by atoms with Crippen molar-refractivity contribution in [1.29, 1.82) is 0 Å². The van der Waals surface area contributed by atoms with Crippen molar-refractivity contribution in [2.75, 3.05) is 12.3 Å². The maximum absolute atomic E-state index is 5.86. The van der Waals surface area contributed by atoms with E-state index >= 15 is 0 Å². The molecule has 20 heavy (non-hydrogen) atoms. The second-order valence-corrected chi connectivity index (χ2v) is 4.56. The van der Waals surface area contributed by atoms with E-state index < -0.39 is 5.60 Å². The number of hydrogen-bond acceptors (Lipinski definition) is 6. The molecule has 2 aromatic rings. The van der Waals surface area contributed by atoms with Crippen LogP contribution in [0, 0.1) is 0 Å². The van der Waals surface area contributed by atoms with Gasteiger partial charge < -0.3 is 15.0 Å². The summed E-state index contributed by atoms with van der Waals surface area (Å²) in [6.45, 7) is 6.67. The molecule has 2 heterocycles. The normalized spacial score (nSPS) is 11.8. The van der Waals surface area contributed by atoms with E-state index in [2.05, 4.69) is 29.0 Å². The summed E-state index contributed by atoms with van der Waals surface area (Å²) >= 11 is 0. The molecule has 2 N–H and O–H groups in total. The Kier molecular flexibility index (Phi) is 4.34. The number of anilines is 1. The Morgan fingerprint density at radius 3 is 2.60 bits per heavy atom. The Hall–Kier alpha value is -1.95. The highest BCUT2D eigenvalue weighted by Gasteiger charge is 2.34. The molecule has 0 fully saturated rings. The van der Waals surface area contributed by atoms with Crippen LogP contribution in [0.2, 0.25) is 0 Å². The number of rotatable bonds is 6. The van der Waals surface area contributed by atoms with Gasteiger partial charge in [0.25, 0.3) is 5.89 Å². The molecule has 0 amide bonds. The van der Waals surface area contributed by atoms with E-state index in [4.69, 9.17) is 15.0 Å². The smallest absolute Gasteiger partial charge is 0.259 e. The van der Waals surface area contributed by atoms with E-state index in [9.17, 15) is 0 Å². The van der Waals surface area contributed by atoms with Gasteiger partial charge in [0.2, 0.25) is 5.82 Å². The first-order valence-corrected chi connectivity index (χ1v) is 6.84. The third-order valence-electron chi connectivity index (χ3n) is 3.40. The number of nitrogens with two attached hydrogens (primary N) is 1. The molecule has 0 radical (unpaired) electrons. The first-order valence-electron chi connectivity index (χ1n) is 6.84. The monoisotopic (exact) mass is 276 g/mol. The summed E-state index contributed by atoms with van der Waals surface area (Å²) in [5.41, 5.74) is 6.48. The number of nitrogens with zero attached hydrogens (tertiary/aromatic N) is 3. The number of ether oxygens (including phenoxy) is 1. The SMILES string of the molecule is CCOC(CC)(CC)c1noc(-c2cncc(N)c2)n1. The van der Waals surface area contributed by atoms with Gasteiger partial charge in [0.15, 0.2) is 0 Å². The van der Waals surface area contributed by atoms with Crippen LogP contribution in [0.4, 0.5) is 5.69 Å². The summed E-state index contributed by atoms with van der Waals surface area (Å²) in [6.07, 6.45) is 4.79. The number of pyridine rings is 1. The van der Waals surface area contributed by atoms with E-state index in [1.807, 2.05) is 6.92 Å². The molecule has 0 aliphatic carbocycles. The zero-order chi connectivity index (χ0) is 14.6. The molecule has 0 aliphatic rings. The van der Waals surface area contributed by atoms with Crippen LogP contribution in [-0.2, 0) is 10.3 Å². The fourth-order valence-corrected chi connectivity index (χ4v) is 2.21. The van der Waals surface area contributed by atoms with Crippen LogP contribution in [-0.4, -0.2) is 21.7 Å². The van der Waals surface area contributed by atoms with Crippen LogP contribution in [0.25, 0.3) is 11.5 Å². The van der Waals surface area contributed by atoms with Gasteiger partial charge >= 0.3 is 0 Å². The van der Waals surface area contributed by atoms with Crippen LogP contribution in [0.15, 0.2) is 23.0 Å². The van der Waals surface area contributed by atoms with Gasteiger partial charge in [-0.05, 0) is 25.8 Å². The van der Waals surface area contributed by atoms with Crippen LogP contribution in [0.5, 0.6) is 0 Å². The van der Waals surface area contributed by atoms with Gasteiger partial charge in [-0.15, -0.1) is 0 Å². The lowest BCUT2D eigenvalue weighted by Crippen LogP contribution is -2.29. The molecule has 0 saturated carbocycles. The first kappa shape index (κ1) is 14.5. The molecule has 108 valence electrons. The van der Waals surface area contributed by atoms with Gasteiger partial charge in [0, 0.05) is 19.0 Å². The molecule has 0 atom stereocenters. The minimum atomic E-state index is -0.496. The van der Waals surface area contributed by atoms with Crippen LogP contribution in [0.3, 0.4) is 0 Å². The Morgan fingerprint density at radius 2 is 2.00 bits per heavy atom. The Bertz CT molecular complexity index is 564. The third-order valence-corrected chi connectivity index (χ3v) is 3.40. The second-order valence-electron chi connectivity index (χ2n) is 4.56. The predicted molar refractivity (Wildman–Crippen MR) is 75.8 cm³/mol. The van der Waals surface area contributed by atoms with E-state index in [-0.39, 0.29) is 0 Å². The van der Waals surface area contributed by atoms with E-state index in [0.29, 0.717) is 29.6 Å². The maximum Gasteiger partial charge on any atom is 0.259 e. The van der Waals surface area contributed by atoms with Crippen LogP contribution in [0.1, 0.15) is 39.4 Å². The van der Waals surface area contributed by atoms with Gasteiger partial charge in [-0.25, -0.2) is 0 Å². The van der Waals surface area contributed by atoms with Crippen molar-refractivity contribution in [1.82, 2.24) is 15.1 Å². The highest BCUT2D eigenvalue weighted by Crippen LogP contribution is 2.32. The van der Waals surface area contributed by atoms with Crippen LogP contribution < -0.4 is 5.73 Å². The largest absolute Gasteiger partial charge is 0.397 e. The average molecular weight is 276 g/mol. The maximum atomic E-state index is 5.86. The van der Waals surface area contributed by atoms with Crippen molar-refractivity contribution in [3.63, 3.8) is 0 Å². The summed E-state index contributed by atoms with van der Waals surface area (Å²) in [6, 6.07) is 1.75. The minimum Gasteiger partial charge on any atom is -0.397 e. The molecular weight excluding hydrogens is 256 g/mol. The van der Waals surface area contributed by atoms with Gasteiger partial charge in [-0.1, -0.05) is 19.0 Å². The zero-order valence-electron chi connectivity index (χ0n) is 12.1. The third kappa shape index (κ3) is 2.65. The summed E-state index contributed by atoms with van der Waals surface area (Å²) in [5, 5.41) is 4.08. The lowest BCUT2D eigenvalue weighted by molar-refractivity contribution is -0.0583. The van der Waals surface area contributed by atoms with Crippen LogP contribution >= 0.6 is 0 Å². The van der Waals surface area contributed by atoms with E-state index in [1.165, 1.54) is 0 Å². The molecule has 2 rings (SSSR count). The molecule has 6 heteroatoms. The summed E-state index contributed by atoms with van der Waals surface area (Å²) in [7, 11) is 0. The second kappa shape index (κ2) is 6.00. The molecule has 0 aliphatic heterocycles. The van der Waals surface area contributed by atoms with Gasteiger partial charge in [-0.3, -0.25) is 4.98 Å². The highest BCUT2D eigenvalue weighted by molar-refractivity contribution is 5.57. The number of nitrogen functional groups attached to an aromatic ring is 1. The molecule has 0 bridgehead atoms. The average Bonchev–Trinajstić information content (AvgIpc) is 2.95. The van der Waals surface area contributed by atoms with E-state index in [0.717, 1.165) is 12.8 Å². The Morgan fingerprint density at radius 1 is 1.25 bits per heavy atom. The van der Waals surface area contributed by atoms with Crippen molar-refractivity contribution in [3.05, 3.63) is 24.3 Å². The minimum absolute atomic E-state index is 0.408. The molecular formula is C14H20N4O2. The van der Waals surface area contributed by atoms with Crippen molar-refractivity contribution >= 4 is 5.69 Å². The summed E-state index contributed by atoms with van der Waals surface area (Å²) in [4.78, 5) is 8.48. The number of hydrogen-bond donors (Lipinski definition) is 1. The fraction of sp³-hybridized carbons (Fsp3) is 0.500. The molecule has 0 saturated heterocycles. The van der Waals surface area contributed by atoms with Crippen molar-refractivity contribution in [3.8, 4) is 11.5 Å². The standard InChI is InChI=1S/C14H20N4O2/c1-4-14(5-2,19-6-3)13-17-12(20-18-13)10-7-11(15)9-16-8-10/h7-9H,4-6,15H2,1-3H3. The quantitative estimate of drug-likeness (QED) is 0.872. The Labute approximate surface area is 118 Å². The van der Waals surface area contributed by atoms with Gasteiger partial charge in [0.05, 0.1) is 11.3 Å². The zero-order valence-corrected chi connectivity index (χ0v) is 12.1. The molecule has 0 spiro atoms. The first-order chi connectivity index (χ1) is 9.65. The lowest BCUT2D eigenvalue weighted by Gasteiger charge is -2.27. The van der Waals surface area contributed by atoms with Crippen molar-refractivity contribution in [2.24, 2.45) is 0 Å². The lowest BCUT2D eigenvalue weighted by atomic mass is 9.96. The van der Waals surface area contributed by atoms with Crippen molar-refractivity contribution < 1.29 is 9.26 Å². The molecule has 0 aromatic carbocycles. The van der Waals surface area contributed by atoms with Gasteiger partial charge in [0.1, 0.15) is 5.60 Å². The molecule has 0 unspecified atom stereocenters. The molecule has 2 aromatic heterocycles. The topological polar surface area (TPSA) is 87.1 Å². The number of aromatic nitrogens is 3. The molecule has 6 nitrogen and oxygen atoms in total. The summed E-state index contributed by atoms with van der Waals surface area (Å²) < 4.78 is 11.2. The predicted octanol–water partition coefficient (Wildman–Crippen LogP) is 2.77. The van der Waals surface area contributed by atoms with E-state index in [1.54, 1.807) is 18.5 Å². The Balaban J connectivity index is 2.36. The van der Waals surface area contributed by atoms with Gasteiger partial charge in [-0.2, -0.15) is 4.98 Å². The van der Waals surface area contributed by atoms with Crippen molar-refractivity contribution in [2.45, 2.75) is 39.2 Å².